The number of amides is 1. The zero-order valence-electron chi connectivity index (χ0n) is 10.8. The molecule has 3 nitrogen and oxygen atoms in total. The van der Waals surface area contributed by atoms with Crippen molar-refractivity contribution in [2.24, 2.45) is 0 Å². The molecular formula is C13H26N2O. The Morgan fingerprint density at radius 2 is 2.12 bits per heavy atom. The summed E-state index contributed by atoms with van der Waals surface area (Å²) in [5.74, 6) is 0.298. The molecule has 94 valence electrons. The van der Waals surface area contributed by atoms with Crippen LogP contribution in [-0.2, 0) is 4.79 Å². The van der Waals surface area contributed by atoms with Gasteiger partial charge in [0.25, 0.3) is 0 Å². The van der Waals surface area contributed by atoms with Gasteiger partial charge in [0.05, 0.1) is 6.54 Å². The molecule has 0 aromatic rings. The predicted molar refractivity (Wildman–Crippen MR) is 67.4 cm³/mol. The molecule has 0 aromatic carbocycles. The third-order valence-electron chi connectivity index (χ3n) is 3.27. The molecule has 1 rings (SSSR count). The molecule has 1 heterocycles. The van der Waals surface area contributed by atoms with Crippen molar-refractivity contribution in [3.63, 3.8) is 0 Å². The first-order chi connectivity index (χ1) is 7.79. The Balaban J connectivity index is 2.37. The average Bonchev–Trinajstić information content (AvgIpc) is 2.30. The van der Waals surface area contributed by atoms with Crippen LogP contribution in [-0.4, -0.2) is 36.5 Å². The highest BCUT2D eigenvalue weighted by Crippen LogP contribution is 2.20. The van der Waals surface area contributed by atoms with E-state index >= 15 is 0 Å². The van der Waals surface area contributed by atoms with Crippen molar-refractivity contribution in [3.8, 4) is 0 Å². The predicted octanol–water partition coefficient (Wildman–Crippen LogP) is 2.17. The Kier molecular flexibility index (Phi) is 6.46. The molecule has 0 radical (unpaired) electrons. The van der Waals surface area contributed by atoms with E-state index in [1.165, 1.54) is 32.1 Å². The second-order valence-corrected chi connectivity index (χ2v) is 4.70. The molecule has 0 spiro atoms. The maximum atomic E-state index is 12.0. The molecule has 1 aliphatic heterocycles. The lowest BCUT2D eigenvalue weighted by molar-refractivity contribution is -0.134. The number of nitrogens with zero attached hydrogens (tertiary/aromatic N) is 1. The van der Waals surface area contributed by atoms with E-state index in [2.05, 4.69) is 24.1 Å². The van der Waals surface area contributed by atoms with Crippen LogP contribution in [0.5, 0.6) is 0 Å². The monoisotopic (exact) mass is 226 g/mol. The third-order valence-corrected chi connectivity index (χ3v) is 3.27. The molecule has 0 saturated carbocycles. The molecule has 1 N–H and O–H groups in total. The van der Waals surface area contributed by atoms with E-state index in [1.807, 2.05) is 0 Å². The first-order valence-electron chi connectivity index (χ1n) is 6.79. The Morgan fingerprint density at radius 3 is 2.81 bits per heavy atom. The number of carbonyl (C=O) groups is 1. The summed E-state index contributed by atoms with van der Waals surface area (Å²) in [5, 5.41) is 3.20. The van der Waals surface area contributed by atoms with Crippen LogP contribution < -0.4 is 5.32 Å². The molecule has 1 unspecified atom stereocenters. The lowest BCUT2D eigenvalue weighted by Crippen LogP contribution is -2.47. The molecule has 0 bridgehead atoms. The summed E-state index contributed by atoms with van der Waals surface area (Å²) in [6.07, 6.45) is 7.10. The van der Waals surface area contributed by atoms with Crippen molar-refractivity contribution in [3.05, 3.63) is 0 Å². The Morgan fingerprint density at radius 1 is 1.31 bits per heavy atom. The van der Waals surface area contributed by atoms with Crippen LogP contribution >= 0.6 is 0 Å². The normalized spacial score (nSPS) is 21.1. The number of rotatable bonds is 6. The van der Waals surface area contributed by atoms with Gasteiger partial charge in [-0.1, -0.05) is 20.3 Å². The summed E-state index contributed by atoms with van der Waals surface area (Å²) in [4.78, 5) is 14.1. The first-order valence-corrected chi connectivity index (χ1v) is 6.79. The van der Waals surface area contributed by atoms with Crippen LogP contribution in [0.15, 0.2) is 0 Å². The molecule has 1 amide bonds. The van der Waals surface area contributed by atoms with E-state index in [0.717, 1.165) is 19.5 Å². The lowest BCUT2D eigenvalue weighted by atomic mass is 9.98. The van der Waals surface area contributed by atoms with Gasteiger partial charge in [0.2, 0.25) is 5.91 Å². The quantitative estimate of drug-likeness (QED) is 0.704. The molecule has 1 saturated heterocycles. The Bertz CT molecular complexity index is 204. The van der Waals surface area contributed by atoms with Crippen LogP contribution in [0.4, 0.5) is 0 Å². The average molecular weight is 226 g/mol. The van der Waals surface area contributed by atoms with Crippen molar-refractivity contribution in [2.45, 2.75) is 58.4 Å². The maximum Gasteiger partial charge on any atom is 0.236 e. The van der Waals surface area contributed by atoms with Crippen molar-refractivity contribution < 1.29 is 4.79 Å². The van der Waals surface area contributed by atoms with Gasteiger partial charge < -0.3 is 10.2 Å². The van der Waals surface area contributed by atoms with Gasteiger partial charge in [-0.25, -0.2) is 0 Å². The third kappa shape index (κ3) is 4.12. The van der Waals surface area contributed by atoms with Crippen molar-refractivity contribution >= 4 is 5.91 Å². The van der Waals surface area contributed by atoms with Crippen LogP contribution in [0.1, 0.15) is 52.4 Å². The minimum absolute atomic E-state index is 0.298. The summed E-state index contributed by atoms with van der Waals surface area (Å²) >= 11 is 0. The molecule has 1 fully saturated rings. The molecule has 16 heavy (non-hydrogen) atoms. The highest BCUT2D eigenvalue weighted by Gasteiger charge is 2.25. The summed E-state index contributed by atoms with van der Waals surface area (Å²) in [6.45, 7) is 6.76. The fraction of sp³-hybridized carbons (Fsp3) is 0.923. The number of hydrogen-bond donors (Lipinski definition) is 1. The molecule has 1 atom stereocenters. The number of piperidine rings is 1. The van der Waals surface area contributed by atoms with Gasteiger partial charge >= 0.3 is 0 Å². The second-order valence-electron chi connectivity index (χ2n) is 4.70. The van der Waals surface area contributed by atoms with Gasteiger partial charge in [0.1, 0.15) is 0 Å². The fourth-order valence-electron chi connectivity index (χ4n) is 2.44. The van der Waals surface area contributed by atoms with Crippen molar-refractivity contribution in [1.29, 1.82) is 0 Å². The minimum atomic E-state index is 0.298. The summed E-state index contributed by atoms with van der Waals surface area (Å²) in [5.41, 5.74) is 0. The second kappa shape index (κ2) is 7.66. The molecule has 0 aromatic heterocycles. The highest BCUT2D eigenvalue weighted by atomic mass is 16.2. The van der Waals surface area contributed by atoms with Gasteiger partial charge in [-0.05, 0) is 38.6 Å². The van der Waals surface area contributed by atoms with Crippen LogP contribution in [0.2, 0.25) is 0 Å². The van der Waals surface area contributed by atoms with Crippen LogP contribution in [0.25, 0.3) is 0 Å². The number of likely N-dealkylation sites (tertiary alicyclic amines) is 1. The Hall–Kier alpha value is -0.570. The zero-order valence-corrected chi connectivity index (χ0v) is 10.8. The number of hydrogen-bond acceptors (Lipinski definition) is 2. The Labute approximate surface area is 99.6 Å². The zero-order chi connectivity index (χ0) is 11.8. The van der Waals surface area contributed by atoms with Crippen molar-refractivity contribution in [1.82, 2.24) is 10.2 Å². The van der Waals surface area contributed by atoms with Crippen LogP contribution in [0.3, 0.4) is 0 Å². The van der Waals surface area contributed by atoms with Gasteiger partial charge in [0, 0.05) is 12.6 Å². The summed E-state index contributed by atoms with van der Waals surface area (Å²) in [7, 11) is 0. The highest BCUT2D eigenvalue weighted by molar-refractivity contribution is 5.78. The largest absolute Gasteiger partial charge is 0.339 e. The van der Waals surface area contributed by atoms with E-state index in [4.69, 9.17) is 0 Å². The van der Waals surface area contributed by atoms with Gasteiger partial charge in [0.15, 0.2) is 0 Å². The van der Waals surface area contributed by atoms with Gasteiger partial charge in [-0.3, -0.25) is 4.79 Å². The molecule has 0 aliphatic carbocycles. The minimum Gasteiger partial charge on any atom is -0.339 e. The number of carbonyl (C=O) groups excluding carboxylic acids is 1. The molecular weight excluding hydrogens is 200 g/mol. The molecule has 1 aliphatic rings. The fourth-order valence-corrected chi connectivity index (χ4v) is 2.44. The van der Waals surface area contributed by atoms with E-state index in [-0.39, 0.29) is 0 Å². The SMILES string of the molecule is CCCNCC(=O)N1CCCCC1CCC. The van der Waals surface area contributed by atoms with Crippen LogP contribution in [0, 0.1) is 0 Å². The lowest BCUT2D eigenvalue weighted by Gasteiger charge is -2.36. The summed E-state index contributed by atoms with van der Waals surface area (Å²) < 4.78 is 0. The van der Waals surface area contributed by atoms with E-state index in [1.54, 1.807) is 0 Å². The maximum absolute atomic E-state index is 12.0. The van der Waals surface area contributed by atoms with Crippen molar-refractivity contribution in [2.75, 3.05) is 19.6 Å². The topological polar surface area (TPSA) is 32.3 Å². The van der Waals surface area contributed by atoms with E-state index < -0.39 is 0 Å². The van der Waals surface area contributed by atoms with Gasteiger partial charge in [-0.2, -0.15) is 0 Å². The van der Waals surface area contributed by atoms with E-state index in [0.29, 0.717) is 18.5 Å². The van der Waals surface area contributed by atoms with E-state index in [9.17, 15) is 4.79 Å². The smallest absolute Gasteiger partial charge is 0.236 e. The van der Waals surface area contributed by atoms with Gasteiger partial charge in [-0.15, -0.1) is 0 Å². The molecule has 3 heteroatoms. The number of nitrogens with one attached hydrogen (secondary N) is 1. The summed E-state index contributed by atoms with van der Waals surface area (Å²) in [6, 6.07) is 0.509. The first kappa shape index (κ1) is 13.5. The standard InChI is InChI=1S/C13H26N2O/c1-3-7-12-8-5-6-10-15(12)13(16)11-14-9-4-2/h12,14H,3-11H2,1-2H3.